The van der Waals surface area contributed by atoms with Crippen LogP contribution >= 0.6 is 23.2 Å². The zero-order chi connectivity index (χ0) is 25.5. The Morgan fingerprint density at radius 1 is 0.889 bits per heavy atom. The van der Waals surface area contributed by atoms with E-state index in [1.54, 1.807) is 6.07 Å². The molecule has 5 rings (SSSR count). The summed E-state index contributed by atoms with van der Waals surface area (Å²) in [6.07, 6.45) is -3.11. The second kappa shape index (κ2) is 10.1. The first-order chi connectivity index (χ1) is 17.2. The van der Waals surface area contributed by atoms with Gasteiger partial charge >= 0.3 is 6.18 Å². The lowest BCUT2D eigenvalue weighted by Gasteiger charge is -2.38. The molecule has 10 heteroatoms. The van der Waals surface area contributed by atoms with Gasteiger partial charge in [-0.1, -0.05) is 35.3 Å². The molecule has 2 aromatic carbocycles. The lowest BCUT2D eigenvalue weighted by atomic mass is 9.73. The Kier molecular flexibility index (Phi) is 7.26. The number of morpholine rings is 1. The third-order valence-corrected chi connectivity index (χ3v) is 8.36. The zero-order valence-corrected chi connectivity index (χ0v) is 21.3. The summed E-state index contributed by atoms with van der Waals surface area (Å²) in [5, 5.41) is 0.862. The molecule has 0 bridgehead atoms. The smallest absolute Gasteiger partial charge is 0.379 e. The van der Waals surface area contributed by atoms with E-state index < -0.39 is 17.2 Å². The third-order valence-electron chi connectivity index (χ3n) is 7.64. The normalized spacial score (nSPS) is 20.8. The summed E-state index contributed by atoms with van der Waals surface area (Å²) in [7, 11) is 0. The van der Waals surface area contributed by atoms with Crippen LogP contribution in [0, 0.1) is 0 Å². The second-order valence-electron chi connectivity index (χ2n) is 9.75. The van der Waals surface area contributed by atoms with Crippen LogP contribution in [0.3, 0.4) is 0 Å². The monoisotopic (exact) mass is 541 g/mol. The maximum absolute atomic E-state index is 13.9. The van der Waals surface area contributed by atoms with E-state index >= 15 is 0 Å². The molecule has 0 radical (unpaired) electrons. The van der Waals surface area contributed by atoms with Crippen molar-refractivity contribution in [3.05, 3.63) is 63.1 Å². The highest BCUT2D eigenvalue weighted by Crippen LogP contribution is 2.50. The Bertz CT molecular complexity index is 1110. The van der Waals surface area contributed by atoms with Crippen LogP contribution in [-0.4, -0.2) is 68.2 Å². The van der Waals surface area contributed by atoms with Crippen molar-refractivity contribution in [1.29, 1.82) is 0 Å². The summed E-state index contributed by atoms with van der Waals surface area (Å²) in [5.41, 5.74) is 1.27. The fourth-order valence-electron chi connectivity index (χ4n) is 5.55. The molecule has 3 aliphatic heterocycles. The van der Waals surface area contributed by atoms with Crippen LogP contribution in [0.2, 0.25) is 10.0 Å². The predicted molar refractivity (Wildman–Crippen MR) is 134 cm³/mol. The molecule has 3 heterocycles. The number of benzene rings is 2. The van der Waals surface area contributed by atoms with Gasteiger partial charge in [0, 0.05) is 38.4 Å². The van der Waals surface area contributed by atoms with Crippen LogP contribution in [-0.2, 0) is 27.7 Å². The fraction of sp³-hybridized carbons (Fsp3) is 0.500. The molecule has 2 aromatic rings. The van der Waals surface area contributed by atoms with E-state index in [0.29, 0.717) is 62.3 Å². The number of fused-ring (bicyclic) bond motifs is 2. The molecule has 194 valence electrons. The zero-order valence-electron chi connectivity index (χ0n) is 19.8. The minimum absolute atomic E-state index is 0.0817. The van der Waals surface area contributed by atoms with E-state index in [-0.39, 0.29) is 5.91 Å². The van der Waals surface area contributed by atoms with E-state index in [0.717, 1.165) is 48.6 Å². The van der Waals surface area contributed by atoms with Crippen LogP contribution in [0.15, 0.2) is 36.4 Å². The number of carbonyl (C=O) groups excluding carboxylic acids is 1. The van der Waals surface area contributed by atoms with Gasteiger partial charge in [0.15, 0.2) is 0 Å². The molecular weight excluding hydrogens is 514 g/mol. The fourth-order valence-corrected chi connectivity index (χ4v) is 5.87. The number of rotatable bonds is 5. The number of piperidine rings is 1. The van der Waals surface area contributed by atoms with Crippen LogP contribution in [0.1, 0.15) is 29.5 Å². The minimum Gasteiger partial charge on any atom is -0.379 e. The molecule has 2 saturated heterocycles. The van der Waals surface area contributed by atoms with Gasteiger partial charge in [-0.3, -0.25) is 14.6 Å². The van der Waals surface area contributed by atoms with Crippen LogP contribution in [0.4, 0.5) is 18.9 Å². The quantitative estimate of drug-likeness (QED) is 0.519. The van der Waals surface area contributed by atoms with Crippen molar-refractivity contribution in [2.24, 2.45) is 0 Å². The van der Waals surface area contributed by atoms with Crippen molar-refractivity contribution in [3.8, 4) is 0 Å². The molecule has 36 heavy (non-hydrogen) atoms. The maximum atomic E-state index is 13.9. The molecule has 1 spiro atoms. The molecule has 0 aromatic heterocycles. The van der Waals surface area contributed by atoms with Crippen molar-refractivity contribution < 1.29 is 22.7 Å². The standard InChI is InChI=1S/C26H28Cl2F3N3O2/c27-21-15-20-23(16-22(21)28)34(10-9-32-11-13-36-14-12-32)24(35)25(20)5-7-33(8-6-25)17-18-1-3-19(4-2-18)26(29,30)31/h1-4,15-16H,5-14,17H2. The highest BCUT2D eigenvalue weighted by Gasteiger charge is 2.52. The second-order valence-corrected chi connectivity index (χ2v) is 10.6. The first kappa shape index (κ1) is 25.8. The highest BCUT2D eigenvalue weighted by atomic mass is 35.5. The van der Waals surface area contributed by atoms with E-state index in [4.69, 9.17) is 27.9 Å². The van der Waals surface area contributed by atoms with Crippen LogP contribution in [0.25, 0.3) is 0 Å². The predicted octanol–water partition coefficient (Wildman–Crippen LogP) is 5.22. The number of halogens is 5. The summed E-state index contributed by atoms with van der Waals surface area (Å²) >= 11 is 12.8. The first-order valence-electron chi connectivity index (χ1n) is 12.2. The van der Waals surface area contributed by atoms with Crippen molar-refractivity contribution in [1.82, 2.24) is 9.80 Å². The number of hydrogen-bond donors (Lipinski definition) is 0. The van der Waals surface area contributed by atoms with Crippen LogP contribution < -0.4 is 4.90 Å². The van der Waals surface area contributed by atoms with Gasteiger partial charge in [-0.05, 0) is 61.3 Å². The van der Waals surface area contributed by atoms with Crippen molar-refractivity contribution in [2.75, 3.05) is 57.4 Å². The number of anilines is 1. The minimum atomic E-state index is -4.34. The maximum Gasteiger partial charge on any atom is 0.416 e. The molecule has 0 atom stereocenters. The van der Waals surface area contributed by atoms with Crippen LogP contribution in [0.5, 0.6) is 0 Å². The number of alkyl halides is 3. The topological polar surface area (TPSA) is 36.0 Å². The number of ether oxygens (including phenoxy) is 1. The summed E-state index contributed by atoms with van der Waals surface area (Å²) in [4.78, 5) is 20.2. The average Bonchev–Trinajstić information content (AvgIpc) is 3.06. The Morgan fingerprint density at radius 3 is 2.17 bits per heavy atom. The number of likely N-dealkylation sites (tertiary alicyclic amines) is 1. The van der Waals surface area contributed by atoms with E-state index in [9.17, 15) is 18.0 Å². The molecule has 0 saturated carbocycles. The average molecular weight is 542 g/mol. The van der Waals surface area contributed by atoms with E-state index in [1.165, 1.54) is 12.1 Å². The van der Waals surface area contributed by atoms with Gasteiger partial charge in [0.2, 0.25) is 5.91 Å². The highest BCUT2D eigenvalue weighted by molar-refractivity contribution is 6.42. The molecule has 0 aliphatic carbocycles. The van der Waals surface area contributed by atoms with E-state index in [1.807, 2.05) is 11.0 Å². The number of carbonyl (C=O) groups is 1. The molecule has 0 unspecified atom stereocenters. The van der Waals surface area contributed by atoms with E-state index in [2.05, 4.69) is 9.80 Å². The van der Waals surface area contributed by atoms with Crippen molar-refractivity contribution >= 4 is 34.8 Å². The van der Waals surface area contributed by atoms with Gasteiger partial charge in [0.05, 0.1) is 34.2 Å². The largest absolute Gasteiger partial charge is 0.416 e. The lowest BCUT2D eigenvalue weighted by molar-refractivity contribution is -0.137. The molecule has 1 amide bonds. The van der Waals surface area contributed by atoms with Crippen molar-refractivity contribution in [3.63, 3.8) is 0 Å². The van der Waals surface area contributed by atoms with Gasteiger partial charge in [-0.25, -0.2) is 0 Å². The number of nitrogens with zero attached hydrogens (tertiary/aromatic N) is 3. The summed E-state index contributed by atoms with van der Waals surface area (Å²) in [6, 6.07) is 8.94. The molecule has 5 nitrogen and oxygen atoms in total. The Balaban J connectivity index is 1.31. The number of amides is 1. The van der Waals surface area contributed by atoms with Gasteiger partial charge in [0.1, 0.15) is 0 Å². The Morgan fingerprint density at radius 2 is 1.53 bits per heavy atom. The third kappa shape index (κ3) is 4.98. The molecule has 2 fully saturated rings. The summed E-state index contributed by atoms with van der Waals surface area (Å²) in [5.74, 6) is 0.0817. The molecule has 3 aliphatic rings. The SMILES string of the molecule is O=C1N(CCN2CCOCC2)c2cc(Cl)c(Cl)cc2C12CCN(Cc1ccc(C(F)(F)F)cc1)CC2. The molecular formula is C26H28Cl2F3N3O2. The Labute approximate surface area is 218 Å². The Hall–Kier alpha value is -1.84. The first-order valence-corrected chi connectivity index (χ1v) is 12.9. The lowest BCUT2D eigenvalue weighted by Crippen LogP contribution is -2.50. The number of hydrogen-bond acceptors (Lipinski definition) is 4. The summed E-state index contributed by atoms with van der Waals surface area (Å²) in [6.45, 7) is 6.27. The van der Waals surface area contributed by atoms with Crippen molar-refractivity contribution in [2.45, 2.75) is 31.0 Å². The molecule has 0 N–H and O–H groups in total. The van der Waals surface area contributed by atoms with Gasteiger partial charge in [0.25, 0.3) is 0 Å². The summed E-state index contributed by atoms with van der Waals surface area (Å²) < 4.78 is 44.1. The van der Waals surface area contributed by atoms with Gasteiger partial charge in [-0.2, -0.15) is 13.2 Å². The van der Waals surface area contributed by atoms with Gasteiger partial charge < -0.3 is 9.64 Å². The van der Waals surface area contributed by atoms with Gasteiger partial charge in [-0.15, -0.1) is 0 Å².